The molecule has 0 atom stereocenters. The summed E-state index contributed by atoms with van der Waals surface area (Å²) < 4.78 is 0. The predicted octanol–water partition coefficient (Wildman–Crippen LogP) is 8.23. The van der Waals surface area contributed by atoms with Crippen LogP contribution in [0.25, 0.3) is 0 Å². The standard InChI is InChI=1S/C24H51N/c1-5-7-9-11-13-17-21-25(22-18-14-12-10-8-6-2)23-19-15-16-20-24(3)4/h24H,5-23H2,1-4H3. The lowest BCUT2D eigenvalue weighted by atomic mass is 10.1. The summed E-state index contributed by atoms with van der Waals surface area (Å²) in [7, 11) is 0. The molecule has 1 nitrogen and oxygen atoms in total. The summed E-state index contributed by atoms with van der Waals surface area (Å²) in [6.07, 6.45) is 22.8. The van der Waals surface area contributed by atoms with E-state index in [0.717, 1.165) is 5.92 Å². The number of unbranched alkanes of at least 4 members (excludes halogenated alkanes) is 12. The molecule has 0 aliphatic heterocycles. The van der Waals surface area contributed by atoms with Crippen molar-refractivity contribution in [2.45, 2.75) is 130 Å². The third kappa shape index (κ3) is 20.1. The maximum atomic E-state index is 2.79. The predicted molar refractivity (Wildman–Crippen MR) is 116 cm³/mol. The summed E-state index contributed by atoms with van der Waals surface area (Å²) in [4.78, 5) is 2.79. The van der Waals surface area contributed by atoms with Crippen LogP contribution in [0.1, 0.15) is 130 Å². The van der Waals surface area contributed by atoms with E-state index in [-0.39, 0.29) is 0 Å². The zero-order valence-electron chi connectivity index (χ0n) is 18.5. The fourth-order valence-corrected chi connectivity index (χ4v) is 3.63. The van der Waals surface area contributed by atoms with Crippen molar-refractivity contribution in [1.29, 1.82) is 0 Å². The molecule has 152 valence electrons. The molecule has 0 aromatic heterocycles. The van der Waals surface area contributed by atoms with Gasteiger partial charge >= 0.3 is 0 Å². The Hall–Kier alpha value is -0.0400. The summed E-state index contributed by atoms with van der Waals surface area (Å²) >= 11 is 0. The Morgan fingerprint density at radius 3 is 1.24 bits per heavy atom. The van der Waals surface area contributed by atoms with Crippen LogP contribution in [0.4, 0.5) is 0 Å². The molecular weight excluding hydrogens is 302 g/mol. The van der Waals surface area contributed by atoms with Crippen molar-refractivity contribution in [3.8, 4) is 0 Å². The van der Waals surface area contributed by atoms with Gasteiger partial charge in [-0.05, 0) is 44.8 Å². The summed E-state index contributed by atoms with van der Waals surface area (Å²) in [5.41, 5.74) is 0. The van der Waals surface area contributed by atoms with E-state index in [1.54, 1.807) is 0 Å². The molecule has 0 radical (unpaired) electrons. The molecule has 0 spiro atoms. The molecule has 0 heterocycles. The molecule has 0 aliphatic rings. The SMILES string of the molecule is CCCCCCCCN(CCCCCCCC)CCCCCC(C)C. The van der Waals surface area contributed by atoms with E-state index in [1.165, 1.54) is 122 Å². The van der Waals surface area contributed by atoms with Gasteiger partial charge in [0.25, 0.3) is 0 Å². The van der Waals surface area contributed by atoms with Crippen molar-refractivity contribution < 1.29 is 0 Å². The first-order valence-electron chi connectivity index (χ1n) is 11.9. The molecular formula is C24H51N. The van der Waals surface area contributed by atoms with Gasteiger partial charge in [0.05, 0.1) is 0 Å². The van der Waals surface area contributed by atoms with Crippen molar-refractivity contribution in [3.63, 3.8) is 0 Å². The molecule has 25 heavy (non-hydrogen) atoms. The van der Waals surface area contributed by atoms with Crippen molar-refractivity contribution >= 4 is 0 Å². The number of hydrogen-bond donors (Lipinski definition) is 0. The minimum Gasteiger partial charge on any atom is -0.303 e. The topological polar surface area (TPSA) is 3.24 Å². The van der Waals surface area contributed by atoms with E-state index in [0.29, 0.717) is 0 Å². The molecule has 0 saturated carbocycles. The van der Waals surface area contributed by atoms with E-state index in [1.807, 2.05) is 0 Å². The quantitative estimate of drug-likeness (QED) is 0.199. The first-order chi connectivity index (χ1) is 12.2. The van der Waals surface area contributed by atoms with E-state index in [2.05, 4.69) is 32.6 Å². The van der Waals surface area contributed by atoms with E-state index < -0.39 is 0 Å². The third-order valence-electron chi connectivity index (χ3n) is 5.41. The van der Waals surface area contributed by atoms with Crippen molar-refractivity contribution in [1.82, 2.24) is 4.90 Å². The van der Waals surface area contributed by atoms with Gasteiger partial charge in [0.2, 0.25) is 0 Å². The average molecular weight is 354 g/mol. The summed E-state index contributed by atoms with van der Waals surface area (Å²) in [6, 6.07) is 0. The van der Waals surface area contributed by atoms with E-state index in [4.69, 9.17) is 0 Å². The molecule has 0 aliphatic carbocycles. The van der Waals surface area contributed by atoms with Gasteiger partial charge in [-0.2, -0.15) is 0 Å². The van der Waals surface area contributed by atoms with Crippen LogP contribution in [-0.2, 0) is 0 Å². The second-order valence-electron chi connectivity index (χ2n) is 8.62. The van der Waals surface area contributed by atoms with Crippen LogP contribution in [0, 0.1) is 5.92 Å². The zero-order valence-corrected chi connectivity index (χ0v) is 18.5. The van der Waals surface area contributed by atoms with Crippen LogP contribution >= 0.6 is 0 Å². The van der Waals surface area contributed by atoms with E-state index >= 15 is 0 Å². The van der Waals surface area contributed by atoms with Crippen LogP contribution in [0.3, 0.4) is 0 Å². The van der Waals surface area contributed by atoms with Crippen molar-refractivity contribution in [2.24, 2.45) is 5.92 Å². The van der Waals surface area contributed by atoms with Crippen LogP contribution in [0.5, 0.6) is 0 Å². The highest BCUT2D eigenvalue weighted by atomic mass is 15.1. The average Bonchev–Trinajstić information content (AvgIpc) is 2.59. The Balaban J connectivity index is 3.80. The maximum absolute atomic E-state index is 2.79. The minimum absolute atomic E-state index is 0.877. The zero-order chi connectivity index (χ0) is 18.6. The molecule has 1 heteroatoms. The summed E-state index contributed by atoms with van der Waals surface area (Å²) in [5, 5.41) is 0. The molecule has 0 fully saturated rings. The highest BCUT2D eigenvalue weighted by Crippen LogP contribution is 2.12. The molecule has 0 rings (SSSR count). The first kappa shape index (κ1) is 25.0. The Morgan fingerprint density at radius 1 is 0.480 bits per heavy atom. The number of hydrogen-bond acceptors (Lipinski definition) is 1. The maximum Gasteiger partial charge on any atom is -0.00187 e. The Labute approximate surface area is 161 Å². The van der Waals surface area contributed by atoms with Crippen molar-refractivity contribution in [3.05, 3.63) is 0 Å². The molecule has 0 bridgehead atoms. The fourth-order valence-electron chi connectivity index (χ4n) is 3.63. The number of rotatable bonds is 20. The lowest BCUT2D eigenvalue weighted by molar-refractivity contribution is 0.253. The van der Waals surface area contributed by atoms with Crippen LogP contribution in [0.15, 0.2) is 0 Å². The molecule has 0 aromatic rings. The Kier molecular flexibility index (Phi) is 20.2. The normalized spacial score (nSPS) is 11.8. The highest BCUT2D eigenvalue weighted by Gasteiger charge is 2.05. The summed E-state index contributed by atoms with van der Waals surface area (Å²) in [6.45, 7) is 13.4. The molecule has 0 aromatic carbocycles. The van der Waals surface area contributed by atoms with Crippen LogP contribution in [0.2, 0.25) is 0 Å². The Morgan fingerprint density at radius 2 is 0.840 bits per heavy atom. The van der Waals surface area contributed by atoms with Crippen molar-refractivity contribution in [2.75, 3.05) is 19.6 Å². The second kappa shape index (κ2) is 20.3. The lowest BCUT2D eigenvalue weighted by Gasteiger charge is -2.22. The van der Waals surface area contributed by atoms with Gasteiger partial charge in [-0.3, -0.25) is 0 Å². The largest absolute Gasteiger partial charge is 0.303 e. The fraction of sp³-hybridized carbons (Fsp3) is 1.00. The highest BCUT2D eigenvalue weighted by molar-refractivity contribution is 4.60. The molecule has 0 saturated heterocycles. The van der Waals surface area contributed by atoms with Gasteiger partial charge in [-0.1, -0.05) is 111 Å². The van der Waals surface area contributed by atoms with Gasteiger partial charge in [-0.25, -0.2) is 0 Å². The van der Waals surface area contributed by atoms with Gasteiger partial charge < -0.3 is 4.90 Å². The third-order valence-corrected chi connectivity index (χ3v) is 5.41. The van der Waals surface area contributed by atoms with Gasteiger partial charge in [0.1, 0.15) is 0 Å². The van der Waals surface area contributed by atoms with Gasteiger partial charge in [-0.15, -0.1) is 0 Å². The number of nitrogens with zero attached hydrogens (tertiary/aromatic N) is 1. The monoisotopic (exact) mass is 353 g/mol. The van der Waals surface area contributed by atoms with Gasteiger partial charge in [0.15, 0.2) is 0 Å². The van der Waals surface area contributed by atoms with Crippen LogP contribution < -0.4 is 0 Å². The smallest absolute Gasteiger partial charge is 0.00187 e. The Bertz CT molecular complexity index is 220. The van der Waals surface area contributed by atoms with Gasteiger partial charge in [0, 0.05) is 0 Å². The molecule has 0 unspecified atom stereocenters. The molecule has 0 N–H and O–H groups in total. The minimum atomic E-state index is 0.877. The van der Waals surface area contributed by atoms with Crippen LogP contribution in [-0.4, -0.2) is 24.5 Å². The lowest BCUT2D eigenvalue weighted by Crippen LogP contribution is -2.27. The second-order valence-corrected chi connectivity index (χ2v) is 8.62. The first-order valence-corrected chi connectivity index (χ1v) is 11.9. The molecule has 0 amide bonds. The van der Waals surface area contributed by atoms with E-state index in [9.17, 15) is 0 Å². The summed E-state index contributed by atoms with van der Waals surface area (Å²) in [5.74, 6) is 0.877.